The minimum absolute atomic E-state index is 0.0136. The van der Waals surface area contributed by atoms with Gasteiger partial charge in [-0.2, -0.15) is 0 Å². The summed E-state index contributed by atoms with van der Waals surface area (Å²) in [6.07, 6.45) is 0.208. The Balaban J connectivity index is 1.65. The molecule has 0 saturated carbocycles. The molecule has 3 rings (SSSR count). The fourth-order valence-electron chi connectivity index (χ4n) is 2.81. The first-order chi connectivity index (χ1) is 12.9. The highest BCUT2D eigenvalue weighted by molar-refractivity contribution is 5.68. The van der Waals surface area contributed by atoms with Crippen molar-refractivity contribution in [3.8, 4) is 5.75 Å². The molecule has 0 bridgehead atoms. The average Bonchev–Trinajstić information content (AvgIpc) is 3.45. The molecule has 2 atom stereocenters. The van der Waals surface area contributed by atoms with Crippen LogP contribution in [-0.2, 0) is 22.5 Å². The van der Waals surface area contributed by atoms with E-state index in [1.54, 1.807) is 0 Å². The van der Waals surface area contributed by atoms with E-state index in [0.717, 1.165) is 16.9 Å². The molecule has 0 aliphatic carbocycles. The molecule has 2 unspecified atom stereocenters. The zero-order chi connectivity index (χ0) is 19.3. The zero-order valence-corrected chi connectivity index (χ0v) is 16.1. The Morgan fingerprint density at radius 2 is 1.81 bits per heavy atom. The summed E-state index contributed by atoms with van der Waals surface area (Å²) in [6.45, 7) is 6.70. The molecule has 2 aromatic rings. The number of rotatable bonds is 7. The summed E-state index contributed by atoms with van der Waals surface area (Å²) in [5, 5.41) is 2.94. The van der Waals surface area contributed by atoms with Crippen LogP contribution in [0.2, 0.25) is 0 Å². The number of epoxide rings is 1. The van der Waals surface area contributed by atoms with Gasteiger partial charge in [0.15, 0.2) is 0 Å². The highest BCUT2D eigenvalue weighted by Gasteiger charge is 2.35. The number of hydrogen-bond acceptors (Lipinski definition) is 4. The van der Waals surface area contributed by atoms with E-state index in [1.807, 2.05) is 75.4 Å². The van der Waals surface area contributed by atoms with Crippen molar-refractivity contribution >= 4 is 6.09 Å². The molecule has 1 fully saturated rings. The second kappa shape index (κ2) is 8.44. The first-order valence-electron chi connectivity index (χ1n) is 9.26. The van der Waals surface area contributed by atoms with Gasteiger partial charge in [-0.3, -0.25) is 0 Å². The second-order valence-corrected chi connectivity index (χ2v) is 7.71. The molecule has 1 N–H and O–H groups in total. The fraction of sp³-hybridized carbons (Fsp3) is 0.409. The van der Waals surface area contributed by atoms with Crippen molar-refractivity contribution in [1.82, 2.24) is 5.32 Å². The zero-order valence-electron chi connectivity index (χ0n) is 16.1. The number of nitrogens with one attached hydrogen (secondary N) is 1. The van der Waals surface area contributed by atoms with Crippen LogP contribution >= 0.6 is 0 Å². The van der Waals surface area contributed by atoms with Crippen LogP contribution < -0.4 is 10.1 Å². The van der Waals surface area contributed by atoms with Gasteiger partial charge in [-0.25, -0.2) is 4.79 Å². The Kier molecular flexibility index (Phi) is 6.01. The van der Waals surface area contributed by atoms with Crippen molar-refractivity contribution in [2.24, 2.45) is 0 Å². The lowest BCUT2D eigenvalue weighted by Crippen LogP contribution is -2.43. The Bertz CT molecular complexity index is 750. The second-order valence-electron chi connectivity index (χ2n) is 7.71. The number of benzene rings is 2. The van der Waals surface area contributed by atoms with E-state index in [-0.39, 0.29) is 12.1 Å². The van der Waals surface area contributed by atoms with Crippen LogP contribution in [0, 0.1) is 0 Å². The third kappa shape index (κ3) is 6.29. The number of hydrogen-bond donors (Lipinski definition) is 1. The minimum atomic E-state index is -0.532. The Morgan fingerprint density at radius 3 is 2.48 bits per heavy atom. The Labute approximate surface area is 160 Å². The largest absolute Gasteiger partial charge is 0.489 e. The molecule has 27 heavy (non-hydrogen) atoms. The first-order valence-corrected chi connectivity index (χ1v) is 9.26. The third-order valence-corrected chi connectivity index (χ3v) is 4.16. The maximum Gasteiger partial charge on any atom is 0.407 e. The lowest BCUT2D eigenvalue weighted by Gasteiger charge is -2.23. The highest BCUT2D eigenvalue weighted by Crippen LogP contribution is 2.25. The van der Waals surface area contributed by atoms with E-state index in [1.165, 1.54) is 0 Å². The summed E-state index contributed by atoms with van der Waals surface area (Å²) >= 11 is 0. The molecule has 1 amide bonds. The van der Waals surface area contributed by atoms with Crippen LogP contribution in [0.25, 0.3) is 0 Å². The van der Waals surface area contributed by atoms with Crippen molar-refractivity contribution in [3.63, 3.8) is 0 Å². The van der Waals surface area contributed by atoms with Crippen LogP contribution in [0.4, 0.5) is 4.79 Å². The topological polar surface area (TPSA) is 60.1 Å². The Hall–Kier alpha value is -2.53. The molecule has 0 radical (unpaired) electrons. The van der Waals surface area contributed by atoms with Crippen LogP contribution in [0.3, 0.4) is 0 Å². The monoisotopic (exact) mass is 369 g/mol. The molecule has 5 nitrogen and oxygen atoms in total. The van der Waals surface area contributed by atoms with Gasteiger partial charge < -0.3 is 19.5 Å². The molecular formula is C22H27NO4. The van der Waals surface area contributed by atoms with Crippen molar-refractivity contribution in [2.45, 2.75) is 51.5 Å². The standard InChI is InChI=1S/C22H27NO4/c1-22(2,3)27-21(24)23-18(20-15-26-20)13-17-11-7-8-12-19(17)25-14-16-9-5-4-6-10-16/h4-12,18,20H,13-15H2,1-3H3,(H,23,24). The van der Waals surface area contributed by atoms with Gasteiger partial charge in [0.1, 0.15) is 24.1 Å². The summed E-state index contributed by atoms with van der Waals surface area (Å²) in [6, 6.07) is 17.8. The van der Waals surface area contributed by atoms with E-state index >= 15 is 0 Å². The van der Waals surface area contributed by atoms with Crippen molar-refractivity contribution in [3.05, 3.63) is 65.7 Å². The number of para-hydroxylation sites is 1. The van der Waals surface area contributed by atoms with E-state index in [0.29, 0.717) is 19.6 Å². The van der Waals surface area contributed by atoms with Gasteiger partial charge in [-0.15, -0.1) is 0 Å². The number of amides is 1. The highest BCUT2D eigenvalue weighted by atomic mass is 16.6. The lowest BCUT2D eigenvalue weighted by molar-refractivity contribution is 0.0494. The van der Waals surface area contributed by atoms with E-state index in [4.69, 9.17) is 14.2 Å². The van der Waals surface area contributed by atoms with E-state index in [9.17, 15) is 4.79 Å². The number of ether oxygens (including phenoxy) is 3. The maximum absolute atomic E-state index is 12.2. The number of alkyl carbamates (subject to hydrolysis) is 1. The van der Waals surface area contributed by atoms with Crippen molar-refractivity contribution < 1.29 is 19.0 Å². The summed E-state index contributed by atoms with van der Waals surface area (Å²) in [7, 11) is 0. The van der Waals surface area contributed by atoms with Gasteiger partial charge in [0, 0.05) is 0 Å². The van der Waals surface area contributed by atoms with Crippen molar-refractivity contribution in [1.29, 1.82) is 0 Å². The average molecular weight is 369 g/mol. The molecule has 1 aliphatic rings. The molecule has 0 spiro atoms. The predicted molar refractivity (Wildman–Crippen MR) is 104 cm³/mol. The maximum atomic E-state index is 12.2. The predicted octanol–water partition coefficient (Wildman–Crippen LogP) is 4.10. The SMILES string of the molecule is CC(C)(C)OC(=O)NC(Cc1ccccc1OCc1ccccc1)C1CO1. The lowest BCUT2D eigenvalue weighted by atomic mass is 10.0. The first kappa shape index (κ1) is 19.2. The molecule has 144 valence electrons. The van der Waals surface area contributed by atoms with Crippen molar-refractivity contribution in [2.75, 3.05) is 6.61 Å². The van der Waals surface area contributed by atoms with Crippen LogP contribution in [0.5, 0.6) is 5.75 Å². The van der Waals surface area contributed by atoms with E-state index in [2.05, 4.69) is 5.32 Å². The smallest absolute Gasteiger partial charge is 0.407 e. The van der Waals surface area contributed by atoms with Crippen LogP contribution in [0.15, 0.2) is 54.6 Å². The number of carbonyl (C=O) groups excluding carboxylic acids is 1. The van der Waals surface area contributed by atoms with Gasteiger partial charge in [0.05, 0.1) is 12.6 Å². The van der Waals surface area contributed by atoms with Gasteiger partial charge in [0.25, 0.3) is 0 Å². The molecule has 5 heteroatoms. The summed E-state index contributed by atoms with van der Waals surface area (Å²) in [4.78, 5) is 12.2. The third-order valence-electron chi connectivity index (χ3n) is 4.16. The number of carbonyl (C=O) groups is 1. The summed E-state index contributed by atoms with van der Waals surface area (Å²) in [5.74, 6) is 0.818. The molecule has 1 aliphatic heterocycles. The van der Waals surface area contributed by atoms with E-state index < -0.39 is 11.7 Å². The summed E-state index contributed by atoms with van der Waals surface area (Å²) < 4.78 is 16.8. The quantitative estimate of drug-likeness (QED) is 0.747. The fourth-order valence-corrected chi connectivity index (χ4v) is 2.81. The molecule has 0 aromatic heterocycles. The van der Waals surface area contributed by atoms with Gasteiger partial charge >= 0.3 is 6.09 Å². The van der Waals surface area contributed by atoms with Crippen LogP contribution in [0.1, 0.15) is 31.9 Å². The minimum Gasteiger partial charge on any atom is -0.489 e. The van der Waals surface area contributed by atoms with Gasteiger partial charge in [0.2, 0.25) is 0 Å². The molecular weight excluding hydrogens is 342 g/mol. The normalized spacial score (nSPS) is 17.1. The Morgan fingerprint density at radius 1 is 1.15 bits per heavy atom. The van der Waals surface area contributed by atoms with Crippen LogP contribution in [-0.4, -0.2) is 30.4 Å². The molecule has 1 heterocycles. The molecule has 1 saturated heterocycles. The van der Waals surface area contributed by atoms with Gasteiger partial charge in [-0.1, -0.05) is 48.5 Å². The summed E-state index contributed by atoms with van der Waals surface area (Å²) in [5.41, 5.74) is 1.61. The van der Waals surface area contributed by atoms with Gasteiger partial charge in [-0.05, 0) is 44.4 Å². The molecule has 2 aromatic carbocycles.